The normalized spacial score (nSPS) is 10.8. The highest BCUT2D eigenvalue weighted by molar-refractivity contribution is 6.08. The summed E-state index contributed by atoms with van der Waals surface area (Å²) in [4.78, 5) is 25.1. The Hall–Kier alpha value is -3.02. The van der Waals surface area contributed by atoms with Gasteiger partial charge >= 0.3 is 0 Å². The van der Waals surface area contributed by atoms with E-state index in [-0.39, 0.29) is 5.91 Å². The van der Waals surface area contributed by atoms with Crippen LogP contribution in [-0.2, 0) is 0 Å². The molecule has 0 radical (unpaired) electrons. The van der Waals surface area contributed by atoms with E-state index in [2.05, 4.69) is 39.4 Å². The van der Waals surface area contributed by atoms with Crippen molar-refractivity contribution in [3.05, 3.63) is 54.5 Å². The molecule has 0 aliphatic rings. The van der Waals surface area contributed by atoms with Crippen LogP contribution in [-0.4, -0.2) is 27.4 Å². The van der Waals surface area contributed by atoms with E-state index in [9.17, 15) is 4.79 Å². The summed E-state index contributed by atoms with van der Waals surface area (Å²) < 4.78 is 0. The molecule has 24 heavy (non-hydrogen) atoms. The minimum Gasteiger partial charge on any atom is -0.354 e. The van der Waals surface area contributed by atoms with Crippen LogP contribution in [0.25, 0.3) is 10.9 Å². The van der Waals surface area contributed by atoms with E-state index in [1.165, 1.54) is 12.4 Å². The highest BCUT2D eigenvalue weighted by atomic mass is 16.1. The summed E-state index contributed by atoms with van der Waals surface area (Å²) in [5.74, 6) is 0.756. The van der Waals surface area contributed by atoms with Crippen molar-refractivity contribution in [2.24, 2.45) is 5.92 Å². The number of fused-ring (bicyclic) bond motifs is 1. The summed E-state index contributed by atoms with van der Waals surface area (Å²) in [6, 6.07) is 9.49. The van der Waals surface area contributed by atoms with Gasteiger partial charge in [0.2, 0.25) is 5.95 Å². The molecule has 0 atom stereocenters. The summed E-state index contributed by atoms with van der Waals surface area (Å²) >= 11 is 0. The average Bonchev–Trinajstić information content (AvgIpc) is 2.60. The van der Waals surface area contributed by atoms with Gasteiger partial charge in [0.25, 0.3) is 5.91 Å². The minimum absolute atomic E-state index is 0.261. The van der Waals surface area contributed by atoms with Crippen molar-refractivity contribution in [1.82, 2.24) is 15.0 Å². The summed E-state index contributed by atoms with van der Waals surface area (Å²) in [6.45, 7) is 4.99. The van der Waals surface area contributed by atoms with Crippen LogP contribution in [0.15, 0.2) is 48.9 Å². The maximum Gasteiger partial charge on any atom is 0.258 e. The topological polar surface area (TPSA) is 79.8 Å². The molecule has 2 aromatic heterocycles. The molecule has 0 bridgehead atoms. The second kappa shape index (κ2) is 7.04. The Morgan fingerprint density at radius 2 is 1.83 bits per heavy atom. The maximum atomic E-state index is 12.4. The number of hydrogen-bond donors (Lipinski definition) is 2. The maximum absolute atomic E-state index is 12.4. The molecule has 122 valence electrons. The van der Waals surface area contributed by atoms with Gasteiger partial charge in [0.1, 0.15) is 0 Å². The van der Waals surface area contributed by atoms with Gasteiger partial charge < -0.3 is 10.6 Å². The molecule has 6 nitrogen and oxygen atoms in total. The van der Waals surface area contributed by atoms with E-state index < -0.39 is 0 Å². The summed E-state index contributed by atoms with van der Waals surface area (Å²) in [5, 5.41) is 6.96. The minimum atomic E-state index is -0.261. The van der Waals surface area contributed by atoms with Gasteiger partial charge in [-0.2, -0.15) is 0 Å². The number of aromatic nitrogens is 3. The molecule has 0 fully saturated rings. The van der Waals surface area contributed by atoms with E-state index in [4.69, 9.17) is 0 Å². The average molecular weight is 321 g/mol. The second-order valence-corrected chi connectivity index (χ2v) is 5.90. The fourth-order valence-electron chi connectivity index (χ4n) is 2.23. The lowest BCUT2D eigenvalue weighted by atomic mass is 10.2. The van der Waals surface area contributed by atoms with Gasteiger partial charge in [0, 0.05) is 30.5 Å². The van der Waals surface area contributed by atoms with Crippen molar-refractivity contribution >= 4 is 28.4 Å². The SMILES string of the molecule is CC(C)CNc1ncc(C(=O)Nc2cccc3cccnc23)cn1. The molecule has 0 saturated heterocycles. The smallest absolute Gasteiger partial charge is 0.258 e. The van der Waals surface area contributed by atoms with Gasteiger partial charge in [-0.25, -0.2) is 9.97 Å². The highest BCUT2D eigenvalue weighted by Crippen LogP contribution is 2.21. The van der Waals surface area contributed by atoms with Crippen LogP contribution in [0, 0.1) is 5.92 Å². The van der Waals surface area contributed by atoms with Gasteiger partial charge in [-0.1, -0.05) is 32.0 Å². The molecule has 2 N–H and O–H groups in total. The van der Waals surface area contributed by atoms with Crippen LogP contribution in [0.4, 0.5) is 11.6 Å². The third-order valence-corrected chi connectivity index (χ3v) is 3.46. The fourth-order valence-corrected chi connectivity index (χ4v) is 2.23. The van der Waals surface area contributed by atoms with Crippen LogP contribution in [0.3, 0.4) is 0 Å². The number of carbonyl (C=O) groups excluding carboxylic acids is 1. The standard InChI is InChI=1S/C18H19N5O/c1-12(2)9-20-18-21-10-14(11-22-18)17(24)23-15-7-3-5-13-6-4-8-19-16(13)15/h3-8,10-12H,9H2,1-2H3,(H,23,24)(H,20,21,22). The zero-order valence-corrected chi connectivity index (χ0v) is 13.7. The van der Waals surface area contributed by atoms with Crippen molar-refractivity contribution < 1.29 is 4.79 Å². The number of amides is 1. The van der Waals surface area contributed by atoms with Crippen LogP contribution < -0.4 is 10.6 Å². The van der Waals surface area contributed by atoms with Crippen molar-refractivity contribution in [1.29, 1.82) is 0 Å². The molecule has 1 aromatic carbocycles. The molecular weight excluding hydrogens is 302 g/mol. The number of anilines is 2. The number of rotatable bonds is 5. The molecule has 6 heteroatoms. The summed E-state index contributed by atoms with van der Waals surface area (Å²) in [5.41, 5.74) is 1.82. The van der Waals surface area contributed by atoms with Crippen LogP contribution in [0.5, 0.6) is 0 Å². The molecule has 0 unspecified atom stereocenters. The number of nitrogens with one attached hydrogen (secondary N) is 2. The lowest BCUT2D eigenvalue weighted by molar-refractivity contribution is 0.102. The number of hydrogen-bond acceptors (Lipinski definition) is 5. The summed E-state index contributed by atoms with van der Waals surface area (Å²) in [6.07, 6.45) is 4.74. The molecular formula is C18H19N5O. The lowest BCUT2D eigenvalue weighted by Crippen LogP contribution is -2.15. The Morgan fingerprint density at radius 3 is 2.58 bits per heavy atom. The lowest BCUT2D eigenvalue weighted by Gasteiger charge is -2.09. The molecule has 1 amide bonds. The van der Waals surface area contributed by atoms with E-state index in [1.54, 1.807) is 6.20 Å². The molecule has 2 heterocycles. The largest absolute Gasteiger partial charge is 0.354 e. The summed E-state index contributed by atoms with van der Waals surface area (Å²) in [7, 11) is 0. The van der Waals surface area contributed by atoms with Crippen LogP contribution in [0.1, 0.15) is 24.2 Å². The Balaban J connectivity index is 1.74. The third kappa shape index (κ3) is 3.65. The van der Waals surface area contributed by atoms with Crippen LogP contribution in [0.2, 0.25) is 0 Å². The number of para-hydroxylation sites is 1. The van der Waals surface area contributed by atoms with E-state index in [1.807, 2.05) is 30.3 Å². The first-order valence-corrected chi connectivity index (χ1v) is 7.84. The van der Waals surface area contributed by atoms with Gasteiger partial charge in [0.05, 0.1) is 16.8 Å². The first-order valence-electron chi connectivity index (χ1n) is 7.84. The molecule has 0 aliphatic carbocycles. The zero-order valence-electron chi connectivity index (χ0n) is 13.7. The van der Waals surface area contributed by atoms with E-state index in [0.29, 0.717) is 23.1 Å². The molecule has 0 spiro atoms. The molecule has 0 saturated carbocycles. The number of benzene rings is 1. The number of nitrogens with zero attached hydrogens (tertiary/aromatic N) is 3. The first kappa shape index (κ1) is 15.9. The zero-order chi connectivity index (χ0) is 16.9. The number of carbonyl (C=O) groups is 1. The van der Waals surface area contributed by atoms with Gasteiger partial charge in [-0.3, -0.25) is 9.78 Å². The Kier molecular flexibility index (Phi) is 4.65. The Bertz CT molecular complexity index is 840. The third-order valence-electron chi connectivity index (χ3n) is 3.46. The molecule has 3 aromatic rings. The van der Waals surface area contributed by atoms with E-state index in [0.717, 1.165) is 17.4 Å². The quantitative estimate of drug-likeness (QED) is 0.753. The molecule has 3 rings (SSSR count). The first-order chi connectivity index (χ1) is 11.6. The monoisotopic (exact) mass is 321 g/mol. The van der Waals surface area contributed by atoms with Crippen molar-refractivity contribution in [3.8, 4) is 0 Å². The number of pyridine rings is 1. The Morgan fingerprint density at radius 1 is 1.08 bits per heavy atom. The van der Waals surface area contributed by atoms with Gasteiger partial charge in [0.15, 0.2) is 0 Å². The predicted octanol–water partition coefficient (Wildman–Crippen LogP) is 3.35. The van der Waals surface area contributed by atoms with Crippen molar-refractivity contribution in [3.63, 3.8) is 0 Å². The second-order valence-electron chi connectivity index (χ2n) is 5.90. The highest BCUT2D eigenvalue weighted by Gasteiger charge is 2.10. The Labute approximate surface area is 140 Å². The van der Waals surface area contributed by atoms with E-state index >= 15 is 0 Å². The van der Waals surface area contributed by atoms with Gasteiger partial charge in [-0.15, -0.1) is 0 Å². The molecule has 0 aliphatic heterocycles. The van der Waals surface area contributed by atoms with Gasteiger partial charge in [-0.05, 0) is 18.1 Å². The fraction of sp³-hybridized carbons (Fsp3) is 0.222. The van der Waals surface area contributed by atoms with Crippen LogP contribution >= 0.6 is 0 Å². The van der Waals surface area contributed by atoms with Crippen molar-refractivity contribution in [2.75, 3.05) is 17.2 Å². The van der Waals surface area contributed by atoms with Crippen molar-refractivity contribution in [2.45, 2.75) is 13.8 Å². The predicted molar refractivity (Wildman–Crippen MR) is 95.1 cm³/mol.